The van der Waals surface area contributed by atoms with E-state index in [4.69, 9.17) is 9.47 Å². The zero-order valence-corrected chi connectivity index (χ0v) is 27.4. The fourth-order valence-electron chi connectivity index (χ4n) is 6.40. The van der Waals surface area contributed by atoms with Gasteiger partial charge in [-0.2, -0.15) is 0 Å². The minimum absolute atomic E-state index is 0.0736. The van der Waals surface area contributed by atoms with E-state index in [-0.39, 0.29) is 20.9 Å². The topological polar surface area (TPSA) is 171 Å². The number of hydrogen-bond donors (Lipinski definition) is 5. The Morgan fingerprint density at radius 1 is 1.07 bits per heavy atom. The third-order valence-electron chi connectivity index (χ3n) is 9.80. The second kappa shape index (κ2) is 11.7. The molecule has 5 N–H and O–H groups in total. The van der Waals surface area contributed by atoms with Crippen LogP contribution in [-0.2, 0) is 19.4 Å². The van der Waals surface area contributed by atoms with Gasteiger partial charge in [0.2, 0.25) is 6.29 Å². The number of aliphatic hydroxyl groups excluding tert-OH is 2. The van der Waals surface area contributed by atoms with Gasteiger partial charge < -0.3 is 35.0 Å². The van der Waals surface area contributed by atoms with Crippen molar-refractivity contribution in [3.8, 4) is 5.75 Å². The molecule has 10 nitrogen and oxygen atoms in total. The Bertz CT molecular complexity index is 1460. The zero-order chi connectivity index (χ0) is 32.2. The third-order valence-corrected chi connectivity index (χ3v) is 12.4. The standard InChI is InChI=1S/C31H41BrO10S/c1-6-8-14-31(7-2)17-43(39,40)22-16-21(20(32)15-19(22)23(24(31)33)18-12-10-9-11-13-18)41-26-25(34)28(3,37)30(5,38)29(4,42-26)27(35)36/h9-13,15-16,23-26,33-34,37-38H,6-8,14,17H2,1-5H3,(H,35,36)/t23-,24-,25?,26?,28-,29?,30?,31-/m1/s1. The molecule has 0 radical (unpaired) electrons. The summed E-state index contributed by atoms with van der Waals surface area (Å²) in [5, 5.41) is 54.9. The average Bonchev–Trinajstić information content (AvgIpc) is 3.01. The van der Waals surface area contributed by atoms with Gasteiger partial charge in [-0.1, -0.05) is 57.0 Å². The molecule has 4 unspecified atom stereocenters. The number of carboxylic acids is 1. The Balaban J connectivity index is 1.88. The molecule has 12 heteroatoms. The van der Waals surface area contributed by atoms with Crippen LogP contribution in [-0.4, -0.2) is 81.0 Å². The normalized spacial score (nSPS) is 37.3. The fraction of sp³-hybridized carbons (Fsp3) is 0.581. The summed E-state index contributed by atoms with van der Waals surface area (Å²) in [5.74, 6) is -2.70. The highest BCUT2D eigenvalue weighted by molar-refractivity contribution is 9.10. The molecule has 0 aromatic heterocycles. The second-order valence-electron chi connectivity index (χ2n) is 12.3. The van der Waals surface area contributed by atoms with Crippen LogP contribution in [0.5, 0.6) is 5.75 Å². The van der Waals surface area contributed by atoms with E-state index in [0.29, 0.717) is 18.4 Å². The van der Waals surface area contributed by atoms with Gasteiger partial charge in [-0.15, -0.1) is 0 Å². The number of aliphatic carboxylic acids is 1. The number of fused-ring (bicyclic) bond motifs is 1. The lowest BCUT2D eigenvalue weighted by Gasteiger charge is -2.55. The molecule has 1 saturated heterocycles. The van der Waals surface area contributed by atoms with Gasteiger partial charge in [-0.05, 0) is 66.7 Å². The van der Waals surface area contributed by atoms with Gasteiger partial charge in [-0.3, -0.25) is 0 Å². The molecule has 238 valence electrons. The average molecular weight is 686 g/mol. The van der Waals surface area contributed by atoms with E-state index in [0.717, 1.165) is 39.2 Å². The van der Waals surface area contributed by atoms with Gasteiger partial charge in [0.05, 0.1) is 21.2 Å². The Labute approximate surface area is 260 Å². The van der Waals surface area contributed by atoms with Crippen molar-refractivity contribution in [2.75, 3.05) is 5.75 Å². The first-order chi connectivity index (χ1) is 19.9. The van der Waals surface area contributed by atoms with Crippen molar-refractivity contribution >= 4 is 31.7 Å². The largest absolute Gasteiger partial charge is 0.479 e. The Kier molecular flexibility index (Phi) is 9.21. The second-order valence-corrected chi connectivity index (χ2v) is 15.2. The number of rotatable bonds is 8. The molecular weight excluding hydrogens is 644 g/mol. The Morgan fingerprint density at radius 2 is 1.70 bits per heavy atom. The summed E-state index contributed by atoms with van der Waals surface area (Å²) in [4.78, 5) is 12.1. The molecule has 0 spiro atoms. The molecular formula is C31H41BrO10S. The van der Waals surface area contributed by atoms with Crippen molar-refractivity contribution in [2.45, 2.75) is 106 Å². The summed E-state index contributed by atoms with van der Waals surface area (Å²) in [6.45, 7) is 7.06. The number of ether oxygens (including phenoxy) is 2. The molecule has 0 bridgehead atoms. The number of halogens is 1. The maximum absolute atomic E-state index is 14.1. The van der Waals surface area contributed by atoms with Crippen molar-refractivity contribution < 1.29 is 48.2 Å². The summed E-state index contributed by atoms with van der Waals surface area (Å²) in [6, 6.07) is 12.0. The van der Waals surface area contributed by atoms with Crippen LogP contribution in [0.4, 0.5) is 0 Å². The van der Waals surface area contributed by atoms with E-state index >= 15 is 0 Å². The SMILES string of the molecule is CCCC[C@]1(CC)CS(=O)(=O)c2cc(OC3OC(C)(C(=O)O)C(C)(O)[C@](C)(O)C3O)c(Br)cc2[C@@H](c2ccccc2)[C@H]1O. The maximum atomic E-state index is 14.1. The first kappa shape index (κ1) is 33.8. The van der Waals surface area contributed by atoms with Crippen LogP contribution >= 0.6 is 15.9 Å². The lowest BCUT2D eigenvalue weighted by atomic mass is 9.68. The first-order valence-corrected chi connectivity index (χ1v) is 16.8. The molecule has 0 amide bonds. The highest BCUT2D eigenvalue weighted by Crippen LogP contribution is 2.51. The van der Waals surface area contributed by atoms with E-state index in [1.165, 1.54) is 6.07 Å². The molecule has 2 aromatic rings. The van der Waals surface area contributed by atoms with Gasteiger partial charge in [0.25, 0.3) is 0 Å². The van der Waals surface area contributed by atoms with Crippen molar-refractivity contribution in [3.63, 3.8) is 0 Å². The van der Waals surface area contributed by atoms with E-state index in [1.807, 2.05) is 44.2 Å². The van der Waals surface area contributed by atoms with Gasteiger partial charge in [-0.25, -0.2) is 13.2 Å². The highest BCUT2D eigenvalue weighted by atomic mass is 79.9. The smallest absolute Gasteiger partial charge is 0.339 e. The number of unbranched alkanes of at least 4 members (excludes halogenated alkanes) is 1. The zero-order valence-electron chi connectivity index (χ0n) is 24.9. The number of benzene rings is 2. The van der Waals surface area contributed by atoms with Crippen LogP contribution < -0.4 is 4.74 Å². The first-order valence-electron chi connectivity index (χ1n) is 14.4. The van der Waals surface area contributed by atoms with Crippen LogP contribution in [0.2, 0.25) is 0 Å². The van der Waals surface area contributed by atoms with E-state index in [1.54, 1.807) is 6.07 Å². The lowest BCUT2D eigenvalue weighted by molar-refractivity contribution is -0.362. The Morgan fingerprint density at radius 3 is 2.26 bits per heavy atom. The molecule has 2 heterocycles. The number of hydrogen-bond acceptors (Lipinski definition) is 9. The van der Waals surface area contributed by atoms with Gasteiger partial charge >= 0.3 is 5.97 Å². The molecule has 0 saturated carbocycles. The molecule has 4 rings (SSSR count). The number of carbonyl (C=O) groups is 1. The van der Waals surface area contributed by atoms with Gasteiger partial charge in [0.15, 0.2) is 15.4 Å². The Hall–Kier alpha value is -2.06. The van der Waals surface area contributed by atoms with E-state index in [2.05, 4.69) is 15.9 Å². The van der Waals surface area contributed by atoms with Crippen LogP contribution in [0.3, 0.4) is 0 Å². The highest BCUT2D eigenvalue weighted by Gasteiger charge is 2.69. The number of sulfone groups is 1. The predicted molar refractivity (Wildman–Crippen MR) is 162 cm³/mol. The van der Waals surface area contributed by atoms with Crippen molar-refractivity contribution in [2.24, 2.45) is 5.41 Å². The van der Waals surface area contributed by atoms with Gasteiger partial charge in [0, 0.05) is 17.4 Å². The lowest BCUT2D eigenvalue weighted by Crippen LogP contribution is -2.78. The quantitative estimate of drug-likeness (QED) is 0.276. The van der Waals surface area contributed by atoms with Gasteiger partial charge in [0.1, 0.15) is 23.1 Å². The number of carboxylic acid groups (broad SMARTS) is 1. The van der Waals surface area contributed by atoms with E-state index in [9.17, 15) is 38.7 Å². The number of aliphatic hydroxyl groups is 4. The van der Waals surface area contributed by atoms with Crippen LogP contribution in [0.1, 0.15) is 77.3 Å². The summed E-state index contributed by atoms with van der Waals surface area (Å²) in [6.07, 6.45) is -2.27. The molecule has 2 aromatic carbocycles. The maximum Gasteiger partial charge on any atom is 0.339 e. The molecule has 1 fully saturated rings. The third kappa shape index (κ3) is 5.43. The summed E-state index contributed by atoms with van der Waals surface area (Å²) >= 11 is 3.43. The van der Waals surface area contributed by atoms with Crippen molar-refractivity contribution in [3.05, 3.63) is 58.1 Å². The molecule has 8 atom stereocenters. The minimum Gasteiger partial charge on any atom is -0.479 e. The van der Waals surface area contributed by atoms with Crippen LogP contribution in [0.25, 0.3) is 0 Å². The molecule has 43 heavy (non-hydrogen) atoms. The predicted octanol–water partition coefficient (Wildman–Crippen LogP) is 3.76. The van der Waals surface area contributed by atoms with Crippen molar-refractivity contribution in [1.82, 2.24) is 0 Å². The minimum atomic E-state index is -4.02. The monoisotopic (exact) mass is 684 g/mol. The van der Waals surface area contributed by atoms with E-state index < -0.39 is 62.4 Å². The molecule has 0 aliphatic carbocycles. The van der Waals surface area contributed by atoms with Crippen LogP contribution in [0, 0.1) is 5.41 Å². The van der Waals surface area contributed by atoms with Crippen LogP contribution in [0.15, 0.2) is 51.8 Å². The summed E-state index contributed by atoms with van der Waals surface area (Å²) in [7, 11) is -4.02. The van der Waals surface area contributed by atoms with Crippen molar-refractivity contribution in [1.29, 1.82) is 0 Å². The summed E-state index contributed by atoms with van der Waals surface area (Å²) in [5.41, 5.74) is -7.09. The fourth-order valence-corrected chi connectivity index (χ4v) is 9.11. The molecule has 2 aliphatic heterocycles. The summed E-state index contributed by atoms with van der Waals surface area (Å²) < 4.78 is 40.0. The molecule has 2 aliphatic rings.